The van der Waals surface area contributed by atoms with Crippen LogP contribution in [0, 0.1) is 0 Å². The van der Waals surface area contributed by atoms with E-state index < -0.39 is 0 Å². The van der Waals surface area contributed by atoms with Gasteiger partial charge in [0.1, 0.15) is 0 Å². The van der Waals surface area contributed by atoms with Crippen LogP contribution in [0.3, 0.4) is 0 Å². The summed E-state index contributed by atoms with van der Waals surface area (Å²) in [5.41, 5.74) is 14.7. The minimum atomic E-state index is -0.161. The molecule has 0 bridgehead atoms. The molecule has 1 aliphatic carbocycles. The highest BCUT2D eigenvalue weighted by molar-refractivity contribution is 6.13. The van der Waals surface area contributed by atoms with Gasteiger partial charge < -0.3 is 9.47 Å². The highest BCUT2D eigenvalue weighted by Gasteiger charge is 2.38. The number of rotatable bonds is 5. The van der Waals surface area contributed by atoms with Crippen LogP contribution in [0.2, 0.25) is 0 Å². The fraction of sp³-hybridized carbons (Fsp3) is 0.0667. The summed E-state index contributed by atoms with van der Waals surface area (Å²) >= 11 is 0. The average Bonchev–Trinajstić information content (AvgIpc) is 3.57. The van der Waals surface area contributed by atoms with Gasteiger partial charge in [-0.3, -0.25) is 0 Å². The predicted octanol–water partition coefficient (Wildman–Crippen LogP) is 12.2. The number of nitrogens with zero attached hydrogens (tertiary/aromatic N) is 2. The molecule has 0 atom stereocenters. The van der Waals surface area contributed by atoms with E-state index in [1.54, 1.807) is 0 Å². The van der Waals surface area contributed by atoms with E-state index in [4.69, 9.17) is 0 Å². The van der Waals surface area contributed by atoms with Crippen LogP contribution in [-0.4, -0.2) is 4.57 Å². The lowest BCUT2D eigenvalue weighted by Crippen LogP contribution is -2.17. The molecule has 0 aliphatic heterocycles. The van der Waals surface area contributed by atoms with Crippen molar-refractivity contribution in [2.45, 2.75) is 19.3 Å². The maximum Gasteiger partial charge on any atom is 0.0548 e. The second kappa shape index (κ2) is 10.6. The molecule has 47 heavy (non-hydrogen) atoms. The molecule has 0 amide bonds. The molecule has 1 aliphatic rings. The Bertz CT molecular complexity index is 2380. The molecular formula is C45H34N2. The molecule has 0 spiro atoms. The van der Waals surface area contributed by atoms with E-state index in [2.05, 4.69) is 193 Å². The smallest absolute Gasteiger partial charge is 0.0548 e. The van der Waals surface area contributed by atoms with Gasteiger partial charge in [-0.05, 0) is 82.4 Å². The number of anilines is 3. The zero-order valence-electron chi connectivity index (χ0n) is 26.6. The fourth-order valence-electron chi connectivity index (χ4n) is 7.91. The van der Waals surface area contributed by atoms with Crippen molar-refractivity contribution >= 4 is 38.9 Å². The van der Waals surface area contributed by atoms with Crippen LogP contribution in [0.1, 0.15) is 25.0 Å². The maximum absolute atomic E-state index is 2.45. The lowest BCUT2D eigenvalue weighted by molar-refractivity contribution is 0.662. The van der Waals surface area contributed by atoms with Crippen LogP contribution in [0.25, 0.3) is 49.7 Å². The first kappa shape index (κ1) is 27.5. The van der Waals surface area contributed by atoms with Gasteiger partial charge in [0.05, 0.1) is 16.7 Å². The Morgan fingerprint density at radius 2 is 1.00 bits per heavy atom. The molecule has 0 N–H and O–H groups in total. The van der Waals surface area contributed by atoms with Crippen LogP contribution in [-0.2, 0) is 5.41 Å². The lowest BCUT2D eigenvalue weighted by atomic mass is 9.78. The number of hydrogen-bond acceptors (Lipinski definition) is 1. The summed E-state index contributed by atoms with van der Waals surface area (Å²) in [6, 6.07) is 61.8. The number of fused-ring (bicyclic) bond motifs is 6. The van der Waals surface area contributed by atoms with Gasteiger partial charge in [-0.25, -0.2) is 0 Å². The minimum Gasteiger partial charge on any atom is -0.310 e. The third kappa shape index (κ3) is 4.18. The normalized spacial score (nSPS) is 13.1. The largest absolute Gasteiger partial charge is 0.310 e. The van der Waals surface area contributed by atoms with E-state index in [1.807, 2.05) is 0 Å². The quantitative estimate of drug-likeness (QED) is 0.190. The predicted molar refractivity (Wildman–Crippen MR) is 198 cm³/mol. The molecule has 0 saturated carbocycles. The number of para-hydroxylation sites is 4. The number of hydrogen-bond donors (Lipinski definition) is 0. The Labute approximate surface area is 275 Å². The summed E-state index contributed by atoms with van der Waals surface area (Å²) < 4.78 is 2.43. The summed E-state index contributed by atoms with van der Waals surface area (Å²) in [6.45, 7) is 4.76. The Kier molecular flexibility index (Phi) is 6.20. The van der Waals surface area contributed by atoms with Crippen molar-refractivity contribution in [3.05, 3.63) is 181 Å². The maximum atomic E-state index is 2.45. The van der Waals surface area contributed by atoms with E-state index in [0.717, 1.165) is 22.7 Å². The summed E-state index contributed by atoms with van der Waals surface area (Å²) in [4.78, 5) is 2.43. The van der Waals surface area contributed by atoms with Gasteiger partial charge >= 0.3 is 0 Å². The SMILES string of the molecule is CC1(C)c2ccccc2-c2cccc(-c3cc4c(cc3N(c3ccccc3)c3ccccc3)c3ccccc3n4-c3ccccc3)c21. The second-order valence-corrected chi connectivity index (χ2v) is 13.0. The molecule has 1 heterocycles. The first-order valence-corrected chi connectivity index (χ1v) is 16.4. The number of aromatic nitrogens is 1. The molecule has 0 fully saturated rings. The van der Waals surface area contributed by atoms with E-state index in [9.17, 15) is 0 Å². The van der Waals surface area contributed by atoms with E-state index in [-0.39, 0.29) is 5.41 Å². The fourth-order valence-corrected chi connectivity index (χ4v) is 7.91. The number of benzene rings is 7. The molecule has 0 radical (unpaired) electrons. The Balaban J connectivity index is 1.44. The first-order valence-electron chi connectivity index (χ1n) is 16.4. The van der Waals surface area contributed by atoms with E-state index in [1.165, 1.54) is 55.2 Å². The van der Waals surface area contributed by atoms with Gasteiger partial charge in [0.25, 0.3) is 0 Å². The van der Waals surface area contributed by atoms with Crippen LogP contribution in [0.4, 0.5) is 17.1 Å². The highest BCUT2D eigenvalue weighted by Crippen LogP contribution is 2.54. The molecule has 7 aromatic carbocycles. The van der Waals surface area contributed by atoms with Crippen LogP contribution in [0.5, 0.6) is 0 Å². The van der Waals surface area contributed by atoms with Crippen molar-refractivity contribution < 1.29 is 0 Å². The highest BCUT2D eigenvalue weighted by atomic mass is 15.1. The molecule has 0 unspecified atom stereocenters. The summed E-state index contributed by atoms with van der Waals surface area (Å²) in [5, 5.41) is 2.47. The van der Waals surface area contributed by atoms with Crippen LogP contribution < -0.4 is 4.90 Å². The molecule has 0 saturated heterocycles. The average molecular weight is 603 g/mol. The molecule has 8 aromatic rings. The van der Waals surface area contributed by atoms with Gasteiger partial charge in [-0.2, -0.15) is 0 Å². The topological polar surface area (TPSA) is 8.17 Å². The molecule has 2 nitrogen and oxygen atoms in total. The third-order valence-electron chi connectivity index (χ3n) is 9.94. The minimum absolute atomic E-state index is 0.161. The molecule has 1 aromatic heterocycles. The molecular weight excluding hydrogens is 569 g/mol. The Hall–Kier alpha value is -5.86. The van der Waals surface area contributed by atoms with Crippen LogP contribution >= 0.6 is 0 Å². The van der Waals surface area contributed by atoms with Crippen molar-refractivity contribution in [3.63, 3.8) is 0 Å². The molecule has 2 heteroatoms. The Morgan fingerprint density at radius 1 is 0.447 bits per heavy atom. The zero-order chi connectivity index (χ0) is 31.5. The monoisotopic (exact) mass is 602 g/mol. The summed E-state index contributed by atoms with van der Waals surface area (Å²) in [7, 11) is 0. The Morgan fingerprint density at radius 3 is 1.70 bits per heavy atom. The van der Waals surface area contributed by atoms with Crippen molar-refractivity contribution in [3.8, 4) is 27.9 Å². The third-order valence-corrected chi connectivity index (χ3v) is 9.94. The second-order valence-electron chi connectivity index (χ2n) is 13.0. The van der Waals surface area contributed by atoms with Crippen molar-refractivity contribution in [1.29, 1.82) is 0 Å². The standard InChI is InChI=1S/C45H34N2/c1-45(2)40-27-14-12-23-34(40)36-25-16-26-37(44(36)45)39-30-43-38(35-24-13-15-28-41(35)47(43)33-21-10-5-11-22-33)29-42(39)46(31-17-6-3-7-18-31)32-19-8-4-9-20-32/h3-30H,1-2H3. The summed E-state index contributed by atoms with van der Waals surface area (Å²) in [6.07, 6.45) is 0. The van der Waals surface area contributed by atoms with Gasteiger partial charge in [-0.15, -0.1) is 0 Å². The zero-order valence-corrected chi connectivity index (χ0v) is 26.6. The molecule has 224 valence electrons. The van der Waals surface area contributed by atoms with Gasteiger partial charge in [0.2, 0.25) is 0 Å². The van der Waals surface area contributed by atoms with Gasteiger partial charge in [-0.1, -0.05) is 129 Å². The van der Waals surface area contributed by atoms with Gasteiger partial charge in [0, 0.05) is 38.8 Å². The van der Waals surface area contributed by atoms with Crippen molar-refractivity contribution in [2.24, 2.45) is 0 Å². The van der Waals surface area contributed by atoms with E-state index >= 15 is 0 Å². The van der Waals surface area contributed by atoms with Crippen molar-refractivity contribution in [1.82, 2.24) is 4.57 Å². The van der Waals surface area contributed by atoms with Gasteiger partial charge in [0.15, 0.2) is 0 Å². The first-order chi connectivity index (χ1) is 23.1. The van der Waals surface area contributed by atoms with Crippen molar-refractivity contribution in [2.75, 3.05) is 4.90 Å². The van der Waals surface area contributed by atoms with Crippen LogP contribution in [0.15, 0.2) is 170 Å². The lowest BCUT2D eigenvalue weighted by Gasteiger charge is -2.30. The van der Waals surface area contributed by atoms with E-state index in [0.29, 0.717) is 0 Å². The molecule has 9 rings (SSSR count). The summed E-state index contributed by atoms with van der Waals surface area (Å²) in [5.74, 6) is 0.